The number of halogens is 1. The minimum atomic E-state index is -0.936. The molecule has 6 nitrogen and oxygen atoms in total. The highest BCUT2D eigenvalue weighted by Crippen LogP contribution is 2.44. The van der Waals surface area contributed by atoms with Gasteiger partial charge in [0, 0.05) is 16.9 Å². The minimum absolute atomic E-state index is 0.0543. The van der Waals surface area contributed by atoms with Gasteiger partial charge < -0.3 is 9.84 Å². The molecule has 0 radical (unpaired) electrons. The van der Waals surface area contributed by atoms with E-state index in [1.807, 2.05) is 26.8 Å². The number of carbonyl (C=O) groups is 2. The van der Waals surface area contributed by atoms with E-state index in [-0.39, 0.29) is 11.3 Å². The van der Waals surface area contributed by atoms with Gasteiger partial charge in [-0.3, -0.25) is 19.5 Å². The van der Waals surface area contributed by atoms with Gasteiger partial charge >= 0.3 is 0 Å². The van der Waals surface area contributed by atoms with Gasteiger partial charge in [-0.15, -0.1) is 0 Å². The Morgan fingerprint density at radius 1 is 1.06 bits per heavy atom. The summed E-state index contributed by atoms with van der Waals surface area (Å²) in [5.41, 5.74) is 3.65. The quantitative estimate of drug-likeness (QED) is 0.323. The highest BCUT2D eigenvalue weighted by molar-refractivity contribution is 6.52. The summed E-state index contributed by atoms with van der Waals surface area (Å²) in [6.07, 6.45) is 1.58. The first-order chi connectivity index (χ1) is 15.7. The number of rotatable bonds is 4. The molecule has 1 fully saturated rings. The van der Waals surface area contributed by atoms with Crippen molar-refractivity contribution in [2.75, 3.05) is 12.0 Å². The molecule has 1 saturated heterocycles. The van der Waals surface area contributed by atoms with Gasteiger partial charge in [0.2, 0.25) is 0 Å². The lowest BCUT2D eigenvalue weighted by Crippen LogP contribution is -2.30. The first kappa shape index (κ1) is 22.6. The van der Waals surface area contributed by atoms with Crippen LogP contribution in [0.1, 0.15) is 34.0 Å². The summed E-state index contributed by atoms with van der Waals surface area (Å²) in [5, 5.41) is 11.9. The van der Waals surface area contributed by atoms with Crippen LogP contribution < -0.4 is 9.64 Å². The molecule has 1 aromatic heterocycles. The van der Waals surface area contributed by atoms with Gasteiger partial charge in [0.15, 0.2) is 0 Å². The van der Waals surface area contributed by atoms with E-state index in [4.69, 9.17) is 16.3 Å². The van der Waals surface area contributed by atoms with Crippen LogP contribution in [0.15, 0.2) is 60.3 Å². The van der Waals surface area contributed by atoms with Gasteiger partial charge in [0.1, 0.15) is 17.6 Å². The van der Waals surface area contributed by atoms with E-state index in [1.165, 1.54) is 12.0 Å². The van der Waals surface area contributed by atoms with Gasteiger partial charge in [-0.2, -0.15) is 0 Å². The fourth-order valence-corrected chi connectivity index (χ4v) is 4.45. The van der Waals surface area contributed by atoms with Crippen molar-refractivity contribution >= 4 is 34.7 Å². The van der Waals surface area contributed by atoms with Crippen molar-refractivity contribution in [1.29, 1.82) is 0 Å². The number of ketones is 1. The van der Waals surface area contributed by atoms with E-state index in [9.17, 15) is 14.7 Å². The lowest BCUT2D eigenvalue weighted by molar-refractivity contribution is -0.132. The number of aliphatic hydroxyl groups excluding tert-OH is 1. The lowest BCUT2D eigenvalue weighted by Gasteiger charge is -2.26. The van der Waals surface area contributed by atoms with Gasteiger partial charge in [0.05, 0.1) is 23.9 Å². The Morgan fingerprint density at radius 3 is 2.48 bits per heavy atom. The fraction of sp³-hybridized carbons (Fsp3) is 0.192. The summed E-state index contributed by atoms with van der Waals surface area (Å²) < 4.78 is 5.52. The summed E-state index contributed by atoms with van der Waals surface area (Å²) in [6, 6.07) is 13.1. The van der Waals surface area contributed by atoms with Crippen LogP contribution in [0.2, 0.25) is 5.02 Å². The zero-order valence-electron chi connectivity index (χ0n) is 18.7. The average Bonchev–Trinajstić information content (AvgIpc) is 3.05. The number of Topliss-reactive ketones (excluding diaryl/α,β-unsaturated/α-hetero) is 1. The van der Waals surface area contributed by atoms with Crippen LogP contribution in [0, 0.1) is 20.8 Å². The van der Waals surface area contributed by atoms with Crippen molar-refractivity contribution in [3.63, 3.8) is 0 Å². The topological polar surface area (TPSA) is 79.7 Å². The molecule has 33 heavy (non-hydrogen) atoms. The number of ether oxygens (including phenoxy) is 1. The third-order valence-corrected chi connectivity index (χ3v) is 5.96. The second-order valence-electron chi connectivity index (χ2n) is 8.02. The zero-order valence-corrected chi connectivity index (χ0v) is 19.5. The molecule has 4 rings (SSSR count). The molecule has 0 saturated carbocycles. The van der Waals surface area contributed by atoms with Crippen LogP contribution in [-0.2, 0) is 9.59 Å². The largest absolute Gasteiger partial charge is 0.507 e. The molecule has 2 heterocycles. The Kier molecular flexibility index (Phi) is 5.95. The van der Waals surface area contributed by atoms with E-state index in [2.05, 4.69) is 4.98 Å². The summed E-state index contributed by atoms with van der Waals surface area (Å²) in [7, 11) is 1.50. The number of benzene rings is 2. The maximum Gasteiger partial charge on any atom is 0.300 e. The maximum atomic E-state index is 13.3. The Labute approximate surface area is 197 Å². The SMILES string of the molecule is COc1c(C)cc(C)cc1/C(O)=C1\C(=O)C(=O)N(c2cc(Cl)ccc2C)C1c1ccccn1. The number of aliphatic hydroxyl groups is 1. The highest BCUT2D eigenvalue weighted by Gasteiger charge is 2.48. The number of hydrogen-bond acceptors (Lipinski definition) is 5. The number of carbonyl (C=O) groups excluding carboxylic acids is 2. The second-order valence-corrected chi connectivity index (χ2v) is 8.45. The van der Waals surface area contributed by atoms with Crippen molar-refractivity contribution in [2.24, 2.45) is 0 Å². The highest BCUT2D eigenvalue weighted by atomic mass is 35.5. The average molecular weight is 463 g/mol. The molecular formula is C26H23ClN2O4. The summed E-state index contributed by atoms with van der Waals surface area (Å²) in [4.78, 5) is 32.4. The molecule has 1 amide bonds. The number of aryl methyl sites for hydroxylation is 3. The number of pyridine rings is 1. The first-order valence-corrected chi connectivity index (χ1v) is 10.8. The van der Waals surface area contributed by atoms with Crippen molar-refractivity contribution in [1.82, 2.24) is 4.98 Å². The Balaban J connectivity index is 2.03. The number of amides is 1. The van der Waals surface area contributed by atoms with Crippen molar-refractivity contribution in [2.45, 2.75) is 26.8 Å². The second kappa shape index (κ2) is 8.71. The monoisotopic (exact) mass is 462 g/mol. The summed E-state index contributed by atoms with van der Waals surface area (Å²) >= 11 is 6.23. The van der Waals surface area contributed by atoms with Crippen LogP contribution >= 0.6 is 11.6 Å². The predicted molar refractivity (Wildman–Crippen MR) is 128 cm³/mol. The lowest BCUT2D eigenvalue weighted by atomic mass is 9.95. The van der Waals surface area contributed by atoms with Crippen LogP contribution in [0.3, 0.4) is 0 Å². The Hall–Kier alpha value is -3.64. The molecule has 0 bridgehead atoms. The molecule has 2 aromatic carbocycles. The minimum Gasteiger partial charge on any atom is -0.507 e. The van der Waals surface area contributed by atoms with Crippen molar-refractivity contribution < 1.29 is 19.4 Å². The van der Waals surface area contributed by atoms with E-state index in [0.717, 1.165) is 16.7 Å². The smallest absolute Gasteiger partial charge is 0.300 e. The molecule has 7 heteroatoms. The van der Waals surface area contributed by atoms with E-state index >= 15 is 0 Å². The molecule has 0 spiro atoms. The summed E-state index contributed by atoms with van der Waals surface area (Å²) in [5.74, 6) is -1.44. The number of nitrogens with zero attached hydrogens (tertiary/aromatic N) is 2. The summed E-state index contributed by atoms with van der Waals surface area (Å²) in [6.45, 7) is 5.56. The molecule has 168 valence electrons. The van der Waals surface area contributed by atoms with Crippen LogP contribution in [0.25, 0.3) is 5.76 Å². The number of methoxy groups -OCH3 is 1. The van der Waals surface area contributed by atoms with Gasteiger partial charge in [-0.05, 0) is 67.8 Å². The number of aromatic nitrogens is 1. The molecule has 1 unspecified atom stereocenters. The fourth-order valence-electron chi connectivity index (χ4n) is 4.29. The third kappa shape index (κ3) is 3.87. The van der Waals surface area contributed by atoms with Gasteiger partial charge in [-0.25, -0.2) is 0 Å². The maximum absolute atomic E-state index is 13.3. The predicted octanol–water partition coefficient (Wildman–Crippen LogP) is 5.30. The Bertz CT molecular complexity index is 1300. The molecule has 0 aliphatic carbocycles. The molecular weight excluding hydrogens is 440 g/mol. The van der Waals surface area contributed by atoms with Crippen LogP contribution in [-0.4, -0.2) is 28.9 Å². The van der Waals surface area contributed by atoms with Crippen LogP contribution in [0.5, 0.6) is 5.75 Å². The van der Waals surface area contributed by atoms with E-state index < -0.39 is 17.7 Å². The molecule has 1 atom stereocenters. The van der Waals surface area contributed by atoms with Crippen LogP contribution in [0.4, 0.5) is 5.69 Å². The van der Waals surface area contributed by atoms with Gasteiger partial charge in [0.25, 0.3) is 11.7 Å². The third-order valence-electron chi connectivity index (χ3n) is 5.72. The molecule has 1 N–H and O–H groups in total. The molecule has 1 aliphatic heterocycles. The van der Waals surface area contributed by atoms with Crippen molar-refractivity contribution in [3.05, 3.63) is 93.3 Å². The molecule has 3 aromatic rings. The standard InChI is InChI=1S/C26H23ClN2O4/c1-14-11-16(3)25(33-4)18(12-14)23(30)21-22(19-7-5-6-10-28-19)29(26(32)24(21)31)20-13-17(27)9-8-15(20)2/h5-13,22,30H,1-4H3/b23-21+. The normalized spacial score (nSPS) is 17.5. The Morgan fingerprint density at radius 2 is 1.82 bits per heavy atom. The zero-order chi connectivity index (χ0) is 23.9. The van der Waals surface area contributed by atoms with Crippen molar-refractivity contribution in [3.8, 4) is 5.75 Å². The van der Waals surface area contributed by atoms with E-state index in [1.54, 1.807) is 48.7 Å². The number of hydrogen-bond donors (Lipinski definition) is 1. The van der Waals surface area contributed by atoms with E-state index in [0.29, 0.717) is 27.7 Å². The first-order valence-electron chi connectivity index (χ1n) is 10.4. The van der Waals surface area contributed by atoms with Gasteiger partial charge in [-0.1, -0.05) is 29.8 Å². The number of anilines is 1. The molecule has 1 aliphatic rings.